The molecule has 3 aromatic rings. The molecule has 176 valence electrons. The van der Waals surface area contributed by atoms with E-state index in [1.807, 2.05) is 4.57 Å². The van der Waals surface area contributed by atoms with E-state index < -0.39 is 0 Å². The smallest absolute Gasteiger partial charge is 0.293 e. The van der Waals surface area contributed by atoms with E-state index in [2.05, 4.69) is 21.8 Å². The van der Waals surface area contributed by atoms with Crippen molar-refractivity contribution < 1.29 is 10.4 Å². The highest BCUT2D eigenvalue weighted by Gasteiger charge is 2.26. The summed E-state index contributed by atoms with van der Waals surface area (Å²) in [6.45, 7) is 3.45. The number of hydrogen-bond acceptors (Lipinski definition) is 9. The lowest BCUT2D eigenvalue weighted by atomic mass is 10.1. The number of rotatable bonds is 4. The van der Waals surface area contributed by atoms with Gasteiger partial charge < -0.3 is 10.6 Å². The second-order valence-corrected chi connectivity index (χ2v) is 8.38. The SMILES string of the molecule is CC#CCn1c(N2CCCC(N)C2)nc2cnn(CC3=CN(O)c4ccccc4N3O)c(=O)c21. The first kappa shape index (κ1) is 22.0. The first-order valence-electron chi connectivity index (χ1n) is 11.1. The van der Waals surface area contributed by atoms with Gasteiger partial charge >= 0.3 is 0 Å². The lowest BCUT2D eigenvalue weighted by molar-refractivity contribution is 0.250. The van der Waals surface area contributed by atoms with Gasteiger partial charge in [-0.2, -0.15) is 5.10 Å². The Morgan fingerprint density at radius 1 is 1.24 bits per heavy atom. The van der Waals surface area contributed by atoms with Crippen LogP contribution < -0.4 is 26.3 Å². The summed E-state index contributed by atoms with van der Waals surface area (Å²) in [5.41, 5.74) is 7.76. The molecule has 2 aromatic heterocycles. The number of anilines is 3. The molecule has 1 saturated heterocycles. The van der Waals surface area contributed by atoms with Gasteiger partial charge in [0.25, 0.3) is 5.56 Å². The van der Waals surface area contributed by atoms with Crippen LogP contribution in [0.3, 0.4) is 0 Å². The standard InChI is InChI=1S/C23H26N8O3/c1-2-3-11-28-21-18(26-23(28)27-10-6-7-16(24)13-27)12-25-29(22(21)32)14-17-15-30(33)19-8-4-5-9-20(19)31(17)34/h4-5,8-9,12,15-16,33-34H,6-7,10-11,13-14,24H2,1H3. The molecule has 4 N–H and O–H groups in total. The number of para-hydroxylation sites is 2. The Hall–Kier alpha value is -3.85. The fourth-order valence-corrected chi connectivity index (χ4v) is 4.45. The van der Waals surface area contributed by atoms with Crippen LogP contribution in [0, 0.1) is 11.8 Å². The normalized spacial score (nSPS) is 17.9. The van der Waals surface area contributed by atoms with Crippen LogP contribution in [-0.2, 0) is 13.1 Å². The minimum atomic E-state index is -0.367. The summed E-state index contributed by atoms with van der Waals surface area (Å²) >= 11 is 0. The zero-order valence-electron chi connectivity index (χ0n) is 18.8. The van der Waals surface area contributed by atoms with Gasteiger partial charge in [-0.25, -0.2) is 19.8 Å². The van der Waals surface area contributed by atoms with Gasteiger partial charge in [-0.05, 0) is 31.9 Å². The van der Waals surface area contributed by atoms with E-state index in [-0.39, 0.29) is 23.8 Å². The number of hydroxylamine groups is 2. The maximum absolute atomic E-state index is 13.5. The van der Waals surface area contributed by atoms with E-state index >= 15 is 0 Å². The minimum Gasteiger partial charge on any atom is -0.341 e. The quantitative estimate of drug-likeness (QED) is 0.494. The van der Waals surface area contributed by atoms with E-state index in [0.29, 0.717) is 41.4 Å². The van der Waals surface area contributed by atoms with Crippen LogP contribution >= 0.6 is 0 Å². The van der Waals surface area contributed by atoms with Gasteiger partial charge in [0.15, 0.2) is 0 Å². The molecule has 0 radical (unpaired) electrons. The Morgan fingerprint density at radius 3 is 2.79 bits per heavy atom. The number of nitrogens with zero attached hydrogens (tertiary/aromatic N) is 7. The molecule has 1 unspecified atom stereocenters. The predicted octanol–water partition coefficient (Wildman–Crippen LogP) is 1.49. The zero-order chi connectivity index (χ0) is 23.8. The van der Waals surface area contributed by atoms with E-state index in [1.165, 1.54) is 17.1 Å². The third-order valence-electron chi connectivity index (χ3n) is 6.10. The summed E-state index contributed by atoms with van der Waals surface area (Å²) in [5.74, 6) is 6.57. The van der Waals surface area contributed by atoms with Crippen molar-refractivity contribution in [2.75, 3.05) is 28.1 Å². The van der Waals surface area contributed by atoms with Crippen molar-refractivity contribution in [3.63, 3.8) is 0 Å². The molecule has 0 saturated carbocycles. The van der Waals surface area contributed by atoms with Crippen molar-refractivity contribution in [3.8, 4) is 11.8 Å². The number of nitrogens with two attached hydrogens (primary N) is 1. The number of fused-ring (bicyclic) bond motifs is 2. The number of allylic oxidation sites excluding steroid dienone is 1. The van der Waals surface area contributed by atoms with Gasteiger partial charge in [0.1, 0.15) is 11.0 Å². The van der Waals surface area contributed by atoms with Gasteiger partial charge in [-0.3, -0.25) is 19.8 Å². The molecule has 2 aliphatic heterocycles. The number of imidazole rings is 1. The van der Waals surface area contributed by atoms with Crippen LogP contribution in [0.4, 0.5) is 17.3 Å². The third kappa shape index (κ3) is 3.77. The number of benzene rings is 1. The summed E-state index contributed by atoms with van der Waals surface area (Å²) < 4.78 is 3.05. The second kappa shape index (κ2) is 8.83. The minimum absolute atomic E-state index is 0.0483. The highest BCUT2D eigenvalue weighted by molar-refractivity contribution is 5.77. The molecular formula is C23H26N8O3. The molecule has 5 rings (SSSR count). The van der Waals surface area contributed by atoms with Gasteiger partial charge in [0, 0.05) is 19.1 Å². The van der Waals surface area contributed by atoms with Crippen molar-refractivity contribution in [1.82, 2.24) is 19.3 Å². The van der Waals surface area contributed by atoms with Crippen LogP contribution in [0.5, 0.6) is 0 Å². The Labute approximate surface area is 195 Å². The Balaban J connectivity index is 1.55. The largest absolute Gasteiger partial charge is 0.341 e. The first-order valence-corrected chi connectivity index (χ1v) is 11.1. The summed E-state index contributed by atoms with van der Waals surface area (Å²) in [4.78, 5) is 20.3. The van der Waals surface area contributed by atoms with Crippen molar-refractivity contribution in [2.24, 2.45) is 5.73 Å². The molecule has 11 heteroatoms. The van der Waals surface area contributed by atoms with Gasteiger partial charge in [-0.15, -0.1) is 5.92 Å². The topological polar surface area (TPSA) is 129 Å². The maximum atomic E-state index is 13.5. The Kier molecular flexibility index (Phi) is 5.70. The second-order valence-electron chi connectivity index (χ2n) is 8.38. The van der Waals surface area contributed by atoms with Crippen LogP contribution in [0.2, 0.25) is 0 Å². The van der Waals surface area contributed by atoms with E-state index in [0.717, 1.165) is 29.5 Å². The first-order chi connectivity index (χ1) is 16.5. The summed E-state index contributed by atoms with van der Waals surface area (Å²) in [7, 11) is 0. The number of aromatic nitrogens is 4. The van der Waals surface area contributed by atoms with Crippen LogP contribution in [-0.4, -0.2) is 48.9 Å². The van der Waals surface area contributed by atoms with Crippen LogP contribution in [0.1, 0.15) is 19.8 Å². The molecule has 0 spiro atoms. The third-order valence-corrected chi connectivity index (χ3v) is 6.10. The lowest BCUT2D eigenvalue weighted by Gasteiger charge is -2.31. The zero-order valence-corrected chi connectivity index (χ0v) is 18.8. The highest BCUT2D eigenvalue weighted by Crippen LogP contribution is 2.34. The van der Waals surface area contributed by atoms with E-state index in [1.54, 1.807) is 31.2 Å². The summed E-state index contributed by atoms with van der Waals surface area (Å²) in [6, 6.07) is 6.88. The van der Waals surface area contributed by atoms with Crippen molar-refractivity contribution in [2.45, 2.75) is 38.9 Å². The van der Waals surface area contributed by atoms with Gasteiger partial charge in [0.05, 0.1) is 42.6 Å². The van der Waals surface area contributed by atoms with E-state index in [4.69, 9.17) is 10.7 Å². The molecule has 1 fully saturated rings. The molecule has 4 heterocycles. The molecule has 0 aliphatic carbocycles. The van der Waals surface area contributed by atoms with Gasteiger partial charge in [0.2, 0.25) is 5.95 Å². The molecule has 0 bridgehead atoms. The lowest BCUT2D eigenvalue weighted by Crippen LogP contribution is -2.44. The van der Waals surface area contributed by atoms with Crippen LogP contribution in [0.15, 0.2) is 47.2 Å². The number of piperidine rings is 1. The highest BCUT2D eigenvalue weighted by atomic mass is 16.5. The molecule has 2 aliphatic rings. The average molecular weight is 463 g/mol. The van der Waals surface area contributed by atoms with E-state index in [9.17, 15) is 15.2 Å². The molecule has 11 nitrogen and oxygen atoms in total. The Bertz CT molecular complexity index is 1380. The predicted molar refractivity (Wildman–Crippen MR) is 128 cm³/mol. The van der Waals surface area contributed by atoms with Gasteiger partial charge in [-0.1, -0.05) is 18.1 Å². The summed E-state index contributed by atoms with van der Waals surface area (Å²) in [5, 5.41) is 27.2. The maximum Gasteiger partial charge on any atom is 0.293 e. The fourth-order valence-electron chi connectivity index (χ4n) is 4.45. The average Bonchev–Trinajstić information content (AvgIpc) is 3.22. The number of hydrogen-bond donors (Lipinski definition) is 3. The van der Waals surface area contributed by atoms with Crippen molar-refractivity contribution in [1.29, 1.82) is 0 Å². The molecule has 34 heavy (non-hydrogen) atoms. The van der Waals surface area contributed by atoms with Crippen molar-refractivity contribution >= 4 is 28.4 Å². The van der Waals surface area contributed by atoms with Crippen molar-refractivity contribution in [3.05, 3.63) is 52.7 Å². The molecule has 0 amide bonds. The summed E-state index contributed by atoms with van der Waals surface area (Å²) in [6.07, 6.45) is 4.79. The van der Waals surface area contributed by atoms with Crippen LogP contribution in [0.25, 0.3) is 11.0 Å². The molecule has 1 atom stereocenters. The monoisotopic (exact) mass is 462 g/mol. The fraction of sp³-hybridized carbons (Fsp3) is 0.348. The Morgan fingerprint density at radius 2 is 2.03 bits per heavy atom. The molecule has 1 aromatic carbocycles. The molecular weight excluding hydrogens is 436 g/mol.